The molecule has 0 amide bonds. The average molecular weight is 260 g/mol. The predicted molar refractivity (Wildman–Crippen MR) is 59.9 cm³/mol. The number of nitro groups is 1. The van der Waals surface area contributed by atoms with Crippen LogP contribution in [0, 0.1) is 24.0 Å². The Morgan fingerprint density at radius 2 is 1.94 bits per heavy atom. The molecule has 0 atom stereocenters. The van der Waals surface area contributed by atoms with E-state index in [0.717, 1.165) is 13.2 Å². The fourth-order valence-corrected chi connectivity index (χ4v) is 2.23. The summed E-state index contributed by atoms with van der Waals surface area (Å²) in [5.41, 5.74) is 0.725. The van der Waals surface area contributed by atoms with Crippen LogP contribution in [0.25, 0.3) is 0 Å². The van der Waals surface area contributed by atoms with Gasteiger partial charge in [0.15, 0.2) is 0 Å². The van der Waals surface area contributed by atoms with Crippen LogP contribution in [0.15, 0.2) is 17.0 Å². The molecule has 8 heteroatoms. The van der Waals surface area contributed by atoms with E-state index in [1.165, 1.54) is 6.07 Å². The molecule has 0 bridgehead atoms. The molecule has 7 nitrogen and oxygen atoms in total. The maximum Gasteiger partial charge on any atom is 0.273 e. The second-order valence-corrected chi connectivity index (χ2v) is 5.08. The Morgan fingerprint density at radius 3 is 2.41 bits per heavy atom. The number of hydrogen-bond donors (Lipinski definition) is 1. The molecule has 1 aromatic rings. The summed E-state index contributed by atoms with van der Waals surface area (Å²) in [6, 6.07) is 2.35. The van der Waals surface area contributed by atoms with E-state index in [9.17, 15) is 18.5 Å². The van der Waals surface area contributed by atoms with Gasteiger partial charge in [-0.15, -0.1) is 0 Å². The molecule has 0 aliphatic heterocycles. The van der Waals surface area contributed by atoms with Crippen LogP contribution in [0.5, 0.6) is 0 Å². The highest BCUT2D eigenvalue weighted by atomic mass is 32.2. The van der Waals surface area contributed by atoms with E-state index < -0.39 is 14.9 Å². The smallest absolute Gasteiger partial charge is 0.273 e. The van der Waals surface area contributed by atoms with Gasteiger partial charge in [0.2, 0.25) is 0 Å². The number of rotatable bonds is 4. The average Bonchev–Trinajstić information content (AvgIpc) is 2.21. The molecule has 0 unspecified atom stereocenters. The molecule has 1 aromatic carbocycles. The quantitative estimate of drug-likeness (QED) is 0.644. The van der Waals surface area contributed by atoms with Crippen molar-refractivity contribution in [2.24, 2.45) is 0 Å². The summed E-state index contributed by atoms with van der Waals surface area (Å²) < 4.78 is 23.2. The fraction of sp³-hybridized carbons (Fsp3) is 0.333. The summed E-state index contributed by atoms with van der Waals surface area (Å²) in [6.45, 7) is 3.17. The molecule has 0 spiro atoms. The van der Waals surface area contributed by atoms with Gasteiger partial charge in [-0.2, -0.15) is 0 Å². The van der Waals surface area contributed by atoms with Gasteiger partial charge in [0, 0.05) is 11.6 Å². The van der Waals surface area contributed by atoms with Crippen molar-refractivity contribution in [1.82, 2.24) is 4.89 Å². The van der Waals surface area contributed by atoms with Gasteiger partial charge >= 0.3 is 0 Å². The van der Waals surface area contributed by atoms with Crippen molar-refractivity contribution in [3.63, 3.8) is 0 Å². The molecular formula is C9H12N2O5S. The van der Waals surface area contributed by atoms with E-state index in [1.807, 2.05) is 0 Å². The van der Waals surface area contributed by atoms with Crippen LogP contribution in [0.2, 0.25) is 0 Å². The third kappa shape index (κ3) is 2.78. The lowest BCUT2D eigenvalue weighted by Gasteiger charge is -2.07. The summed E-state index contributed by atoms with van der Waals surface area (Å²) >= 11 is 0. The predicted octanol–water partition coefficient (Wildman–Crippen LogP) is 1.05. The Labute approximate surface area is 98.6 Å². The lowest BCUT2D eigenvalue weighted by molar-refractivity contribution is -0.385. The molecule has 0 fully saturated rings. The van der Waals surface area contributed by atoms with E-state index in [-0.39, 0.29) is 10.6 Å². The summed E-state index contributed by atoms with van der Waals surface area (Å²) in [5.74, 6) is 0. The molecule has 0 aliphatic rings. The molecule has 0 saturated carbocycles. The highest BCUT2D eigenvalue weighted by Crippen LogP contribution is 2.25. The van der Waals surface area contributed by atoms with Crippen LogP contribution in [0.4, 0.5) is 5.69 Å². The van der Waals surface area contributed by atoms with Crippen molar-refractivity contribution >= 4 is 15.7 Å². The number of aryl methyl sites for hydroxylation is 1. The summed E-state index contributed by atoms with van der Waals surface area (Å²) in [6.07, 6.45) is 0. The Hall–Kier alpha value is -1.51. The molecule has 17 heavy (non-hydrogen) atoms. The van der Waals surface area contributed by atoms with E-state index in [2.05, 4.69) is 4.84 Å². The van der Waals surface area contributed by atoms with Gasteiger partial charge < -0.3 is 0 Å². The summed E-state index contributed by atoms with van der Waals surface area (Å²) in [7, 11) is -2.74. The van der Waals surface area contributed by atoms with E-state index in [1.54, 1.807) is 18.7 Å². The van der Waals surface area contributed by atoms with Gasteiger partial charge in [-0.25, -0.2) is 8.42 Å². The van der Waals surface area contributed by atoms with Crippen molar-refractivity contribution in [2.75, 3.05) is 7.11 Å². The van der Waals surface area contributed by atoms with Crippen LogP contribution in [0.3, 0.4) is 0 Å². The molecule has 0 heterocycles. The second-order valence-electron chi connectivity index (χ2n) is 3.43. The van der Waals surface area contributed by atoms with Crippen LogP contribution in [-0.4, -0.2) is 20.5 Å². The zero-order valence-corrected chi connectivity index (χ0v) is 10.4. The summed E-state index contributed by atoms with van der Waals surface area (Å²) in [4.78, 5) is 16.1. The van der Waals surface area contributed by atoms with Crippen LogP contribution >= 0.6 is 0 Å². The zero-order chi connectivity index (χ0) is 13.2. The fourth-order valence-electron chi connectivity index (χ4n) is 1.31. The Balaban J connectivity index is 3.44. The van der Waals surface area contributed by atoms with Crippen molar-refractivity contribution < 1.29 is 18.2 Å². The minimum Gasteiger partial charge on any atom is -0.290 e. The number of nitro benzene ring substituents is 1. The molecule has 0 aromatic heterocycles. The van der Waals surface area contributed by atoms with Crippen molar-refractivity contribution in [2.45, 2.75) is 18.7 Å². The largest absolute Gasteiger partial charge is 0.290 e. The molecule has 94 valence electrons. The van der Waals surface area contributed by atoms with Gasteiger partial charge in [-0.1, -0.05) is 4.89 Å². The van der Waals surface area contributed by atoms with Gasteiger partial charge in [-0.3, -0.25) is 15.0 Å². The third-order valence-corrected chi connectivity index (χ3v) is 3.56. The Kier molecular flexibility index (Phi) is 3.81. The topological polar surface area (TPSA) is 98.5 Å². The van der Waals surface area contributed by atoms with Crippen LogP contribution in [0.1, 0.15) is 11.1 Å². The SMILES string of the molecule is CONS(=O)(=O)c1cc(C)c(C)c([N+](=O)[O-])c1. The summed E-state index contributed by atoms with van der Waals surface area (Å²) in [5, 5.41) is 10.8. The Bertz CT molecular complexity index is 553. The first kappa shape index (κ1) is 13.6. The highest BCUT2D eigenvalue weighted by Gasteiger charge is 2.21. The van der Waals surface area contributed by atoms with Gasteiger partial charge in [-0.05, 0) is 25.5 Å². The minimum absolute atomic E-state index is 0.200. The molecular weight excluding hydrogens is 248 g/mol. The molecule has 0 aliphatic carbocycles. The lowest BCUT2D eigenvalue weighted by atomic mass is 10.1. The monoisotopic (exact) mass is 260 g/mol. The number of benzene rings is 1. The van der Waals surface area contributed by atoms with E-state index in [0.29, 0.717) is 11.1 Å². The van der Waals surface area contributed by atoms with Crippen molar-refractivity contribution in [3.8, 4) is 0 Å². The maximum absolute atomic E-state index is 11.6. The van der Waals surface area contributed by atoms with Gasteiger partial charge in [0.25, 0.3) is 15.7 Å². The first-order valence-corrected chi connectivity index (χ1v) is 6.08. The number of nitrogens with one attached hydrogen (secondary N) is 1. The standard InChI is InChI=1S/C9H12N2O5S/c1-6-4-8(17(14,15)10-16-3)5-9(7(6)2)11(12)13/h4-5,10H,1-3H3. The Morgan fingerprint density at radius 1 is 1.35 bits per heavy atom. The molecule has 0 radical (unpaired) electrons. The first-order chi connectivity index (χ1) is 7.79. The third-order valence-electron chi connectivity index (χ3n) is 2.31. The lowest BCUT2D eigenvalue weighted by Crippen LogP contribution is -2.22. The minimum atomic E-state index is -3.88. The van der Waals surface area contributed by atoms with E-state index >= 15 is 0 Å². The maximum atomic E-state index is 11.6. The molecule has 1 N–H and O–H groups in total. The van der Waals surface area contributed by atoms with Crippen LogP contribution < -0.4 is 4.89 Å². The normalized spacial score (nSPS) is 11.5. The first-order valence-electron chi connectivity index (χ1n) is 4.60. The van der Waals surface area contributed by atoms with Crippen LogP contribution in [-0.2, 0) is 14.9 Å². The van der Waals surface area contributed by atoms with E-state index in [4.69, 9.17) is 0 Å². The molecule has 0 saturated heterocycles. The zero-order valence-electron chi connectivity index (χ0n) is 9.55. The number of sulfonamides is 1. The molecule has 1 rings (SSSR count). The highest BCUT2D eigenvalue weighted by molar-refractivity contribution is 7.89. The number of hydrogen-bond acceptors (Lipinski definition) is 5. The number of nitrogens with zero attached hydrogens (tertiary/aromatic N) is 1. The van der Waals surface area contributed by atoms with Crippen molar-refractivity contribution in [1.29, 1.82) is 0 Å². The van der Waals surface area contributed by atoms with Crippen molar-refractivity contribution in [3.05, 3.63) is 33.4 Å². The van der Waals surface area contributed by atoms with Gasteiger partial charge in [0.05, 0.1) is 16.9 Å². The second kappa shape index (κ2) is 4.78. The van der Waals surface area contributed by atoms with Gasteiger partial charge in [0.1, 0.15) is 0 Å².